The Hall–Kier alpha value is -2.66. The fourth-order valence-corrected chi connectivity index (χ4v) is 2.96. The van der Waals surface area contributed by atoms with Gasteiger partial charge in [-0.1, -0.05) is 42.8 Å². The molecule has 2 aromatic carbocycles. The first-order valence-corrected chi connectivity index (χ1v) is 8.38. The van der Waals surface area contributed by atoms with Crippen molar-refractivity contribution in [2.45, 2.75) is 19.9 Å². The standard InChI is InChI=1S/C19H17ClN2O3/c1-2-12-7-8-16-14(9-12)18(24)19(25)22(16)11-17(23)21-10-13-5-3-4-6-15(13)20/h3-9H,2,10-11H2,1H3,(H,21,23). The van der Waals surface area contributed by atoms with Crippen LogP contribution in [0.4, 0.5) is 5.69 Å². The van der Waals surface area contributed by atoms with Gasteiger partial charge in [0.05, 0.1) is 11.3 Å². The van der Waals surface area contributed by atoms with Crippen LogP contribution in [-0.2, 0) is 22.6 Å². The smallest absolute Gasteiger partial charge is 0.299 e. The second kappa shape index (κ2) is 7.07. The van der Waals surface area contributed by atoms with E-state index in [0.29, 0.717) is 16.3 Å². The number of hydrogen-bond acceptors (Lipinski definition) is 3. The Morgan fingerprint density at radius 2 is 1.92 bits per heavy atom. The van der Waals surface area contributed by atoms with Crippen molar-refractivity contribution in [2.24, 2.45) is 0 Å². The molecule has 1 heterocycles. The van der Waals surface area contributed by atoms with E-state index >= 15 is 0 Å². The predicted octanol–water partition coefficient (Wildman–Crippen LogP) is 2.75. The molecular weight excluding hydrogens is 340 g/mol. The number of benzene rings is 2. The Morgan fingerprint density at radius 3 is 2.64 bits per heavy atom. The zero-order valence-corrected chi connectivity index (χ0v) is 14.5. The lowest BCUT2D eigenvalue weighted by molar-refractivity contribution is -0.122. The third kappa shape index (κ3) is 3.42. The molecule has 0 aromatic heterocycles. The summed E-state index contributed by atoms with van der Waals surface area (Å²) in [5, 5.41) is 3.29. The minimum Gasteiger partial charge on any atom is -0.350 e. The highest BCUT2D eigenvalue weighted by atomic mass is 35.5. The highest BCUT2D eigenvalue weighted by molar-refractivity contribution is 6.52. The van der Waals surface area contributed by atoms with Crippen molar-refractivity contribution in [1.29, 1.82) is 0 Å². The Balaban J connectivity index is 1.71. The molecule has 0 unspecified atom stereocenters. The van der Waals surface area contributed by atoms with Crippen molar-refractivity contribution in [1.82, 2.24) is 5.32 Å². The van der Waals surface area contributed by atoms with E-state index in [1.165, 1.54) is 4.90 Å². The second-order valence-corrected chi connectivity index (χ2v) is 6.20. The van der Waals surface area contributed by atoms with Gasteiger partial charge in [0.2, 0.25) is 5.91 Å². The average Bonchev–Trinajstić information content (AvgIpc) is 2.85. The number of nitrogens with one attached hydrogen (secondary N) is 1. The molecular formula is C19H17ClN2O3. The Morgan fingerprint density at radius 1 is 1.16 bits per heavy atom. The molecule has 1 aliphatic rings. The molecule has 0 saturated heterocycles. The number of Topliss-reactive ketones (excluding diaryl/α,β-unsaturated/α-hetero) is 1. The summed E-state index contributed by atoms with van der Waals surface area (Å²) in [6.45, 7) is 2.03. The highest BCUT2D eigenvalue weighted by Gasteiger charge is 2.36. The molecule has 6 heteroatoms. The zero-order chi connectivity index (χ0) is 18.0. The van der Waals surface area contributed by atoms with E-state index in [4.69, 9.17) is 11.6 Å². The maximum atomic E-state index is 12.2. The summed E-state index contributed by atoms with van der Waals surface area (Å²) in [7, 11) is 0. The van der Waals surface area contributed by atoms with Gasteiger partial charge in [0.15, 0.2) is 0 Å². The lowest BCUT2D eigenvalue weighted by Crippen LogP contribution is -2.39. The summed E-state index contributed by atoms with van der Waals surface area (Å²) in [5.74, 6) is -1.59. The molecule has 2 aromatic rings. The van der Waals surface area contributed by atoms with Crippen molar-refractivity contribution >= 4 is 34.9 Å². The molecule has 0 atom stereocenters. The normalized spacial score (nSPS) is 13.1. The van der Waals surface area contributed by atoms with E-state index in [-0.39, 0.29) is 19.0 Å². The molecule has 0 spiro atoms. The summed E-state index contributed by atoms with van der Waals surface area (Å²) < 4.78 is 0. The SMILES string of the molecule is CCc1ccc2c(c1)C(=O)C(=O)N2CC(=O)NCc1ccccc1Cl. The summed E-state index contributed by atoms with van der Waals surface area (Å²) in [6, 6.07) is 12.5. The first kappa shape index (κ1) is 17.2. The topological polar surface area (TPSA) is 66.5 Å². The van der Waals surface area contributed by atoms with Gasteiger partial charge in [-0.15, -0.1) is 0 Å². The number of anilines is 1. The van der Waals surface area contributed by atoms with Crippen LogP contribution in [0, 0.1) is 0 Å². The lowest BCUT2D eigenvalue weighted by Gasteiger charge is -2.16. The van der Waals surface area contributed by atoms with Gasteiger partial charge in [0.1, 0.15) is 6.54 Å². The van der Waals surface area contributed by atoms with E-state index in [0.717, 1.165) is 17.5 Å². The van der Waals surface area contributed by atoms with Crippen LogP contribution in [0.25, 0.3) is 0 Å². The number of halogens is 1. The number of aryl methyl sites for hydroxylation is 1. The summed E-state index contributed by atoms with van der Waals surface area (Å²) in [6.07, 6.45) is 0.771. The summed E-state index contributed by atoms with van der Waals surface area (Å²) in [5.41, 5.74) is 2.61. The molecule has 0 saturated carbocycles. The molecule has 0 bridgehead atoms. The fourth-order valence-electron chi connectivity index (χ4n) is 2.76. The van der Waals surface area contributed by atoms with Gasteiger partial charge in [0, 0.05) is 11.6 Å². The second-order valence-electron chi connectivity index (χ2n) is 5.79. The van der Waals surface area contributed by atoms with Gasteiger partial charge < -0.3 is 5.32 Å². The van der Waals surface area contributed by atoms with Crippen LogP contribution < -0.4 is 10.2 Å². The van der Waals surface area contributed by atoms with E-state index in [9.17, 15) is 14.4 Å². The number of nitrogens with zero attached hydrogens (tertiary/aromatic N) is 1. The zero-order valence-electron chi connectivity index (χ0n) is 13.7. The monoisotopic (exact) mass is 356 g/mol. The molecule has 128 valence electrons. The molecule has 0 radical (unpaired) electrons. The van der Waals surface area contributed by atoms with Crippen molar-refractivity contribution in [3.8, 4) is 0 Å². The molecule has 1 N–H and O–H groups in total. The number of amides is 2. The maximum Gasteiger partial charge on any atom is 0.299 e. The largest absolute Gasteiger partial charge is 0.350 e. The van der Waals surface area contributed by atoms with Gasteiger partial charge in [-0.3, -0.25) is 19.3 Å². The Labute approximate surface area is 150 Å². The summed E-state index contributed by atoms with van der Waals surface area (Å²) >= 11 is 6.06. The minimum atomic E-state index is -0.670. The van der Waals surface area contributed by atoms with Crippen LogP contribution >= 0.6 is 11.6 Å². The number of hydrogen-bond donors (Lipinski definition) is 1. The molecule has 3 rings (SSSR count). The van der Waals surface area contributed by atoms with Crippen molar-refractivity contribution in [3.63, 3.8) is 0 Å². The van der Waals surface area contributed by atoms with Crippen molar-refractivity contribution in [3.05, 3.63) is 64.2 Å². The molecule has 5 nitrogen and oxygen atoms in total. The predicted molar refractivity (Wildman–Crippen MR) is 95.8 cm³/mol. The van der Waals surface area contributed by atoms with Crippen LogP contribution in [-0.4, -0.2) is 24.1 Å². The molecule has 0 aliphatic carbocycles. The lowest BCUT2D eigenvalue weighted by atomic mass is 10.1. The van der Waals surface area contributed by atoms with Gasteiger partial charge >= 0.3 is 0 Å². The number of rotatable bonds is 5. The fraction of sp³-hybridized carbons (Fsp3) is 0.211. The molecule has 0 fully saturated rings. The van der Waals surface area contributed by atoms with E-state index in [1.54, 1.807) is 18.2 Å². The van der Waals surface area contributed by atoms with Crippen LogP contribution in [0.5, 0.6) is 0 Å². The maximum absolute atomic E-state index is 12.2. The average molecular weight is 357 g/mol. The molecule has 2 amide bonds. The number of carbonyl (C=O) groups is 3. The molecule has 1 aliphatic heterocycles. The van der Waals surface area contributed by atoms with Gasteiger partial charge in [-0.2, -0.15) is 0 Å². The third-order valence-electron chi connectivity index (χ3n) is 4.18. The Kier molecular flexibility index (Phi) is 4.86. The first-order chi connectivity index (χ1) is 12.0. The van der Waals surface area contributed by atoms with E-state index in [1.807, 2.05) is 31.2 Å². The number of carbonyl (C=O) groups excluding carboxylic acids is 3. The number of fused-ring (bicyclic) bond motifs is 1. The van der Waals surface area contributed by atoms with Gasteiger partial charge in [-0.05, 0) is 35.7 Å². The van der Waals surface area contributed by atoms with Crippen LogP contribution in [0.2, 0.25) is 5.02 Å². The summed E-state index contributed by atoms with van der Waals surface area (Å²) in [4.78, 5) is 37.8. The minimum absolute atomic E-state index is 0.201. The van der Waals surface area contributed by atoms with Crippen LogP contribution in [0.15, 0.2) is 42.5 Å². The van der Waals surface area contributed by atoms with Crippen molar-refractivity contribution in [2.75, 3.05) is 11.4 Å². The Bertz CT molecular complexity index is 863. The quantitative estimate of drug-likeness (QED) is 0.838. The number of ketones is 1. The molecule has 25 heavy (non-hydrogen) atoms. The van der Waals surface area contributed by atoms with Crippen molar-refractivity contribution < 1.29 is 14.4 Å². The van der Waals surface area contributed by atoms with E-state index in [2.05, 4.69) is 5.32 Å². The van der Waals surface area contributed by atoms with Crippen LogP contribution in [0.3, 0.4) is 0 Å². The highest BCUT2D eigenvalue weighted by Crippen LogP contribution is 2.29. The van der Waals surface area contributed by atoms with Gasteiger partial charge in [0.25, 0.3) is 11.7 Å². The van der Waals surface area contributed by atoms with E-state index < -0.39 is 11.7 Å². The first-order valence-electron chi connectivity index (χ1n) is 8.00. The third-order valence-corrected chi connectivity index (χ3v) is 4.55. The van der Waals surface area contributed by atoms with Crippen LogP contribution in [0.1, 0.15) is 28.4 Å². The van der Waals surface area contributed by atoms with Gasteiger partial charge in [-0.25, -0.2) is 0 Å².